The molecule has 25 heavy (non-hydrogen) atoms. The van der Waals surface area contributed by atoms with Gasteiger partial charge in [0.05, 0.1) is 24.3 Å². The van der Waals surface area contributed by atoms with Crippen molar-refractivity contribution in [3.05, 3.63) is 65.2 Å². The summed E-state index contributed by atoms with van der Waals surface area (Å²) in [7, 11) is 0. The Balaban J connectivity index is 2.33. The molecule has 0 bridgehead atoms. The normalized spacial score (nSPS) is 10.0. The topological polar surface area (TPSA) is 81.7 Å². The number of esters is 2. The zero-order chi connectivity index (χ0) is 18.2. The lowest BCUT2D eigenvalue weighted by molar-refractivity contribution is 0.0525. The molecule has 1 amide bonds. The van der Waals surface area contributed by atoms with Crippen LogP contribution in [0.25, 0.3) is 0 Å². The molecular weight excluding hydrogens is 322 g/mol. The Morgan fingerprint density at radius 1 is 0.800 bits per heavy atom. The van der Waals surface area contributed by atoms with Crippen molar-refractivity contribution in [1.29, 1.82) is 0 Å². The first-order chi connectivity index (χ1) is 12.0. The number of carbonyl (C=O) groups excluding carboxylic acids is 3. The van der Waals surface area contributed by atoms with Crippen molar-refractivity contribution >= 4 is 23.5 Å². The standard InChI is InChI=1S/C19H19NO5/c1-3-24-18(22)14-10-15(19(23)25-4-2)12-16(11-14)20-17(21)13-8-6-5-7-9-13/h5-12H,3-4H2,1-2H3,(H,20,21). The van der Waals surface area contributed by atoms with E-state index in [4.69, 9.17) is 9.47 Å². The lowest BCUT2D eigenvalue weighted by atomic mass is 10.1. The van der Waals surface area contributed by atoms with Crippen LogP contribution in [-0.2, 0) is 9.47 Å². The van der Waals surface area contributed by atoms with Gasteiger partial charge in [-0.3, -0.25) is 4.79 Å². The molecule has 6 heteroatoms. The monoisotopic (exact) mass is 341 g/mol. The molecule has 0 unspecified atom stereocenters. The molecule has 0 aliphatic carbocycles. The highest BCUT2D eigenvalue weighted by Gasteiger charge is 2.16. The largest absolute Gasteiger partial charge is 0.462 e. The van der Waals surface area contributed by atoms with E-state index in [0.717, 1.165) is 0 Å². The highest BCUT2D eigenvalue weighted by Crippen LogP contribution is 2.18. The molecule has 0 radical (unpaired) electrons. The van der Waals surface area contributed by atoms with Crippen molar-refractivity contribution < 1.29 is 23.9 Å². The molecule has 0 aliphatic heterocycles. The Bertz CT molecular complexity index is 734. The van der Waals surface area contributed by atoms with Gasteiger partial charge in [0, 0.05) is 11.3 Å². The number of amides is 1. The predicted molar refractivity (Wildman–Crippen MR) is 92.8 cm³/mol. The van der Waals surface area contributed by atoms with E-state index in [-0.39, 0.29) is 30.2 Å². The van der Waals surface area contributed by atoms with Crippen LogP contribution in [0.1, 0.15) is 44.9 Å². The van der Waals surface area contributed by atoms with E-state index in [1.807, 2.05) is 0 Å². The van der Waals surface area contributed by atoms with Gasteiger partial charge in [-0.1, -0.05) is 18.2 Å². The minimum Gasteiger partial charge on any atom is -0.462 e. The van der Waals surface area contributed by atoms with Crippen LogP contribution in [-0.4, -0.2) is 31.1 Å². The molecule has 0 heterocycles. The van der Waals surface area contributed by atoms with Crippen molar-refractivity contribution in [2.24, 2.45) is 0 Å². The molecule has 130 valence electrons. The number of hydrogen-bond acceptors (Lipinski definition) is 5. The molecule has 0 saturated carbocycles. The van der Waals surface area contributed by atoms with Crippen molar-refractivity contribution in [2.45, 2.75) is 13.8 Å². The second kappa shape index (κ2) is 8.63. The van der Waals surface area contributed by atoms with E-state index < -0.39 is 11.9 Å². The van der Waals surface area contributed by atoms with Crippen LogP contribution in [0.4, 0.5) is 5.69 Å². The van der Waals surface area contributed by atoms with Gasteiger partial charge in [0.25, 0.3) is 5.91 Å². The van der Waals surface area contributed by atoms with Crippen LogP contribution < -0.4 is 5.32 Å². The third-order valence-electron chi connectivity index (χ3n) is 3.25. The van der Waals surface area contributed by atoms with Crippen molar-refractivity contribution in [1.82, 2.24) is 0 Å². The first-order valence-electron chi connectivity index (χ1n) is 7.90. The Kier molecular flexibility index (Phi) is 6.28. The maximum atomic E-state index is 12.3. The predicted octanol–water partition coefficient (Wildman–Crippen LogP) is 3.29. The first-order valence-corrected chi connectivity index (χ1v) is 7.90. The second-order valence-electron chi connectivity index (χ2n) is 5.06. The maximum Gasteiger partial charge on any atom is 0.338 e. The zero-order valence-corrected chi connectivity index (χ0v) is 14.1. The first kappa shape index (κ1) is 18.2. The summed E-state index contributed by atoms with van der Waals surface area (Å²) in [4.78, 5) is 36.3. The van der Waals surface area contributed by atoms with Gasteiger partial charge in [-0.15, -0.1) is 0 Å². The van der Waals surface area contributed by atoms with Crippen molar-refractivity contribution in [2.75, 3.05) is 18.5 Å². The Morgan fingerprint density at radius 2 is 1.32 bits per heavy atom. The summed E-state index contributed by atoms with van der Waals surface area (Å²) in [5, 5.41) is 2.68. The summed E-state index contributed by atoms with van der Waals surface area (Å²) in [5.41, 5.74) is 1.09. The molecule has 0 fully saturated rings. The number of ether oxygens (including phenoxy) is 2. The maximum absolute atomic E-state index is 12.3. The SMILES string of the molecule is CCOC(=O)c1cc(NC(=O)c2ccccc2)cc(C(=O)OCC)c1. The fraction of sp³-hybridized carbons (Fsp3) is 0.211. The molecule has 0 spiro atoms. The molecule has 1 N–H and O–H groups in total. The summed E-state index contributed by atoms with van der Waals surface area (Å²) in [6.45, 7) is 3.78. The second-order valence-corrected chi connectivity index (χ2v) is 5.06. The lowest BCUT2D eigenvalue weighted by Gasteiger charge is -2.10. The number of benzene rings is 2. The summed E-state index contributed by atoms with van der Waals surface area (Å²) in [6, 6.07) is 12.9. The number of hydrogen-bond donors (Lipinski definition) is 1. The van der Waals surface area contributed by atoms with Gasteiger partial charge in [-0.2, -0.15) is 0 Å². The number of anilines is 1. The van der Waals surface area contributed by atoms with Crippen molar-refractivity contribution in [3.63, 3.8) is 0 Å². The summed E-state index contributed by atoms with van der Waals surface area (Å²) >= 11 is 0. The van der Waals surface area contributed by atoms with E-state index in [2.05, 4.69) is 5.32 Å². The van der Waals surface area contributed by atoms with Gasteiger partial charge in [-0.05, 0) is 44.2 Å². The van der Waals surface area contributed by atoms with Gasteiger partial charge < -0.3 is 14.8 Å². The highest BCUT2D eigenvalue weighted by molar-refractivity contribution is 6.06. The van der Waals surface area contributed by atoms with E-state index in [1.165, 1.54) is 18.2 Å². The average Bonchev–Trinajstić information content (AvgIpc) is 2.62. The fourth-order valence-electron chi connectivity index (χ4n) is 2.16. The fourth-order valence-corrected chi connectivity index (χ4v) is 2.16. The average molecular weight is 341 g/mol. The summed E-state index contributed by atoms with van der Waals surface area (Å²) in [6.07, 6.45) is 0. The lowest BCUT2D eigenvalue weighted by Crippen LogP contribution is -2.15. The van der Waals surface area contributed by atoms with Crippen LogP contribution in [0, 0.1) is 0 Å². The van der Waals surface area contributed by atoms with Gasteiger partial charge >= 0.3 is 11.9 Å². The van der Waals surface area contributed by atoms with Crippen LogP contribution in [0.15, 0.2) is 48.5 Å². The third kappa shape index (κ3) is 4.91. The third-order valence-corrected chi connectivity index (χ3v) is 3.25. The molecule has 6 nitrogen and oxygen atoms in total. The Morgan fingerprint density at radius 3 is 1.80 bits per heavy atom. The quantitative estimate of drug-likeness (QED) is 0.815. The van der Waals surface area contributed by atoms with Gasteiger partial charge in [-0.25, -0.2) is 9.59 Å². The summed E-state index contributed by atoms with van der Waals surface area (Å²) < 4.78 is 9.93. The van der Waals surface area contributed by atoms with E-state index >= 15 is 0 Å². The molecule has 0 aromatic heterocycles. The Hall–Kier alpha value is -3.15. The van der Waals surface area contributed by atoms with Gasteiger partial charge in [0.1, 0.15) is 0 Å². The minimum atomic E-state index is -0.580. The molecule has 2 aromatic carbocycles. The number of rotatable bonds is 6. The number of carbonyl (C=O) groups is 3. The smallest absolute Gasteiger partial charge is 0.338 e. The van der Waals surface area contributed by atoms with Gasteiger partial charge in [0.15, 0.2) is 0 Å². The van der Waals surface area contributed by atoms with Crippen LogP contribution in [0.2, 0.25) is 0 Å². The Labute approximate surface area is 145 Å². The zero-order valence-electron chi connectivity index (χ0n) is 14.1. The molecule has 0 aliphatic rings. The van der Waals surface area contributed by atoms with Crippen LogP contribution in [0.5, 0.6) is 0 Å². The highest BCUT2D eigenvalue weighted by atomic mass is 16.5. The molecule has 0 atom stereocenters. The van der Waals surface area contributed by atoms with Crippen LogP contribution in [0.3, 0.4) is 0 Å². The van der Waals surface area contributed by atoms with Gasteiger partial charge in [0.2, 0.25) is 0 Å². The van der Waals surface area contributed by atoms with E-state index in [0.29, 0.717) is 11.3 Å². The molecule has 2 aromatic rings. The number of nitrogens with one attached hydrogen (secondary N) is 1. The minimum absolute atomic E-state index is 0.163. The molecule has 0 saturated heterocycles. The molecular formula is C19H19NO5. The van der Waals surface area contributed by atoms with E-state index in [9.17, 15) is 14.4 Å². The molecule has 2 rings (SSSR count). The summed E-state index contributed by atoms with van der Waals surface area (Å²) in [5.74, 6) is -1.51. The van der Waals surface area contributed by atoms with E-state index in [1.54, 1.807) is 44.2 Å². The van der Waals surface area contributed by atoms with Crippen molar-refractivity contribution in [3.8, 4) is 0 Å². The van der Waals surface area contributed by atoms with Crippen LogP contribution >= 0.6 is 0 Å².